The van der Waals surface area contributed by atoms with E-state index in [4.69, 9.17) is 0 Å². The number of hydrogen-bond donors (Lipinski definition) is 0. The molecule has 0 atom stereocenters. The van der Waals surface area contributed by atoms with Crippen molar-refractivity contribution in [3.8, 4) is 0 Å². The van der Waals surface area contributed by atoms with Gasteiger partial charge in [-0.3, -0.25) is 0 Å². The summed E-state index contributed by atoms with van der Waals surface area (Å²) in [6.45, 7) is 4.24. The summed E-state index contributed by atoms with van der Waals surface area (Å²) in [5, 5.41) is 0. The molecule has 2 aliphatic carbocycles. The summed E-state index contributed by atoms with van der Waals surface area (Å²) in [6.07, 6.45) is 9.95. The van der Waals surface area contributed by atoms with Gasteiger partial charge in [-0.25, -0.2) is 12.2 Å². The van der Waals surface area contributed by atoms with E-state index in [-0.39, 0.29) is 51.0 Å². The van der Waals surface area contributed by atoms with Crippen LogP contribution in [-0.4, -0.2) is 0 Å². The third-order valence-corrected chi connectivity index (χ3v) is 2.11. The fraction of sp³-hybridized carbons (Fsp3) is 0.429. The first kappa shape index (κ1) is 22.3. The number of hydrogen-bond acceptors (Lipinski definition) is 0. The third kappa shape index (κ3) is 9.74. The van der Waals surface area contributed by atoms with E-state index in [1.165, 1.54) is 11.1 Å². The van der Waals surface area contributed by atoms with Gasteiger partial charge in [0.25, 0.3) is 0 Å². The molecule has 2 aliphatic rings. The van der Waals surface area contributed by atoms with E-state index in [1.54, 1.807) is 0 Å². The Morgan fingerprint density at radius 2 is 1.24 bits per heavy atom. The first-order valence-corrected chi connectivity index (χ1v) is 5.04. The Kier molecular flexibility index (Phi) is 18.5. The fourth-order valence-corrected chi connectivity index (χ4v) is 1.08. The normalized spacial score (nSPS) is 12.6. The van der Waals surface area contributed by atoms with Crippen molar-refractivity contribution in [2.75, 3.05) is 0 Å². The van der Waals surface area contributed by atoms with Gasteiger partial charge in [-0.2, -0.15) is 0 Å². The van der Waals surface area contributed by atoms with Crippen LogP contribution in [0, 0.1) is 12.2 Å². The second-order valence-corrected chi connectivity index (χ2v) is 3.12. The Morgan fingerprint density at radius 1 is 0.882 bits per heavy atom. The van der Waals surface area contributed by atoms with Gasteiger partial charge in [-0.15, -0.1) is 11.1 Å². The second kappa shape index (κ2) is 14.1. The first-order chi connectivity index (χ1) is 6.86. The Morgan fingerprint density at radius 3 is 1.35 bits per heavy atom. The molecule has 0 heterocycles. The summed E-state index contributed by atoms with van der Waals surface area (Å²) >= 11 is 0. The summed E-state index contributed by atoms with van der Waals surface area (Å²) in [6, 6.07) is 0. The smallest absolute Gasteiger partial charge is 1.00 e. The van der Waals surface area contributed by atoms with Gasteiger partial charge in [-0.05, 0) is 12.8 Å². The maximum Gasteiger partial charge on any atom is 4.00 e. The maximum absolute atomic E-state index is 2.96. The molecule has 3 heteroatoms. The van der Waals surface area contributed by atoms with E-state index in [0.29, 0.717) is 0 Å². The third-order valence-electron chi connectivity index (χ3n) is 2.11. The molecule has 2 rings (SSSR count). The molecule has 0 fully saturated rings. The molecule has 88 valence electrons. The molecule has 0 amide bonds. The fourth-order valence-electron chi connectivity index (χ4n) is 1.08. The topological polar surface area (TPSA) is 0 Å². The van der Waals surface area contributed by atoms with E-state index in [9.17, 15) is 0 Å². The number of halogens is 2. The molecule has 0 N–H and O–H groups in total. The Bertz CT molecular complexity index is 356. The minimum Gasteiger partial charge on any atom is -1.00 e. The molecule has 0 unspecified atom stereocenters. The Hall–Kier alpha value is 0.0631. The van der Waals surface area contributed by atoms with E-state index < -0.39 is 0 Å². The van der Waals surface area contributed by atoms with Gasteiger partial charge in [0.1, 0.15) is 0 Å². The van der Waals surface area contributed by atoms with Crippen LogP contribution >= 0.6 is 0 Å². The summed E-state index contributed by atoms with van der Waals surface area (Å²) in [4.78, 5) is 0. The zero-order valence-electron chi connectivity index (χ0n) is 10.1. The molecule has 17 heavy (non-hydrogen) atoms. The van der Waals surface area contributed by atoms with Crippen molar-refractivity contribution in [1.29, 1.82) is 0 Å². The van der Waals surface area contributed by atoms with Crippen molar-refractivity contribution in [3.05, 3.63) is 46.2 Å². The van der Waals surface area contributed by atoms with Crippen LogP contribution in [0.1, 0.15) is 39.5 Å². The van der Waals surface area contributed by atoms with Gasteiger partial charge in [-0.1, -0.05) is 26.7 Å². The average molecular weight is 344 g/mol. The molecule has 0 bridgehead atoms. The van der Waals surface area contributed by atoms with E-state index >= 15 is 0 Å². The van der Waals surface area contributed by atoms with Gasteiger partial charge in [0.2, 0.25) is 0 Å². The molecule has 0 spiro atoms. The quantitative estimate of drug-likeness (QED) is 0.390. The zero-order chi connectivity index (χ0) is 10.2. The van der Waals surface area contributed by atoms with Crippen LogP contribution in [0.4, 0.5) is 0 Å². The molecule has 0 saturated carbocycles. The van der Waals surface area contributed by atoms with E-state index in [1.807, 2.05) is 0 Å². The van der Waals surface area contributed by atoms with Crippen LogP contribution in [0.2, 0.25) is 0 Å². The number of rotatable bonds is 2. The minimum atomic E-state index is 0. The van der Waals surface area contributed by atoms with Crippen molar-refractivity contribution in [2.45, 2.75) is 39.5 Å². The van der Waals surface area contributed by atoms with Gasteiger partial charge in [0.15, 0.2) is 0 Å². The SMILES string of the molecule is CCC1=C=C=[C-]C1.CCC1=C=C=[C-]C1.[Cl-].[Cl-].[Zr+4]. The second-order valence-electron chi connectivity index (χ2n) is 3.12. The molecule has 0 aromatic carbocycles. The van der Waals surface area contributed by atoms with E-state index in [2.05, 4.69) is 48.9 Å². The summed E-state index contributed by atoms with van der Waals surface area (Å²) in [5.41, 5.74) is 14.1. The summed E-state index contributed by atoms with van der Waals surface area (Å²) < 4.78 is 0. The van der Waals surface area contributed by atoms with Crippen molar-refractivity contribution in [3.63, 3.8) is 0 Å². The van der Waals surface area contributed by atoms with Crippen molar-refractivity contribution in [2.24, 2.45) is 0 Å². The van der Waals surface area contributed by atoms with Crippen LogP contribution in [0.25, 0.3) is 0 Å². The van der Waals surface area contributed by atoms with E-state index in [0.717, 1.165) is 25.7 Å². The first-order valence-electron chi connectivity index (χ1n) is 5.04. The minimum absolute atomic E-state index is 0. The van der Waals surface area contributed by atoms with Gasteiger partial charge in [0, 0.05) is 0 Å². The van der Waals surface area contributed by atoms with Crippen LogP contribution in [0.15, 0.2) is 34.1 Å². The van der Waals surface area contributed by atoms with Crippen LogP contribution in [0.5, 0.6) is 0 Å². The molecule has 0 nitrogen and oxygen atoms in total. The summed E-state index contributed by atoms with van der Waals surface area (Å²) in [7, 11) is 0. The largest absolute Gasteiger partial charge is 4.00 e. The predicted molar refractivity (Wildman–Crippen MR) is 57.4 cm³/mol. The monoisotopic (exact) mass is 342 g/mol. The molecule has 0 radical (unpaired) electrons. The van der Waals surface area contributed by atoms with Gasteiger partial charge in [0.05, 0.1) is 0 Å². The average Bonchev–Trinajstić information content (AvgIpc) is 2.92. The van der Waals surface area contributed by atoms with Crippen molar-refractivity contribution >= 4 is 0 Å². The molecule has 0 aromatic rings. The van der Waals surface area contributed by atoms with Crippen LogP contribution < -0.4 is 24.8 Å². The molecular formula is C14H14Cl2Zr. The summed E-state index contributed by atoms with van der Waals surface area (Å²) in [5.74, 6) is 0. The number of allylic oxidation sites excluding steroid dienone is 4. The molecule has 0 aliphatic heterocycles. The Balaban J connectivity index is -0.000000196. The van der Waals surface area contributed by atoms with Crippen LogP contribution in [0.3, 0.4) is 0 Å². The van der Waals surface area contributed by atoms with Crippen molar-refractivity contribution < 1.29 is 51.0 Å². The van der Waals surface area contributed by atoms with Crippen molar-refractivity contribution in [1.82, 2.24) is 0 Å². The predicted octanol–water partition coefficient (Wildman–Crippen LogP) is -2.31. The zero-order valence-corrected chi connectivity index (χ0v) is 14.1. The Labute approximate surface area is 136 Å². The molecule has 0 aromatic heterocycles. The van der Waals surface area contributed by atoms with Gasteiger partial charge >= 0.3 is 26.2 Å². The molecule has 0 saturated heterocycles. The van der Waals surface area contributed by atoms with Gasteiger partial charge < -0.3 is 47.7 Å². The standard InChI is InChI=1S/2C7H7.2ClH.Zr/c2*1-2-7-5-3-4-6-7;;;/h2*2,5H2,1H3;2*1H;/q2*-1;;;+4/p-2. The molecular weight excluding hydrogens is 330 g/mol. The maximum atomic E-state index is 2.96. The van der Waals surface area contributed by atoms with Crippen LogP contribution in [-0.2, 0) is 26.2 Å².